The van der Waals surface area contributed by atoms with Crippen LogP contribution < -0.4 is 4.90 Å². The third kappa shape index (κ3) is 5.72. The highest BCUT2D eigenvalue weighted by molar-refractivity contribution is 7.14. The van der Waals surface area contributed by atoms with Crippen LogP contribution in [0.5, 0.6) is 0 Å². The number of esters is 1. The minimum atomic E-state index is -4.55. The van der Waals surface area contributed by atoms with Crippen molar-refractivity contribution < 1.29 is 27.5 Å². The summed E-state index contributed by atoms with van der Waals surface area (Å²) < 4.78 is 44.5. The first-order chi connectivity index (χ1) is 16.7. The molecule has 0 aliphatic rings. The zero-order valence-corrected chi connectivity index (χ0v) is 19.1. The molecule has 2 aromatic heterocycles. The van der Waals surface area contributed by atoms with E-state index in [4.69, 9.17) is 4.74 Å². The van der Waals surface area contributed by atoms with Gasteiger partial charge in [0.25, 0.3) is 0 Å². The molecule has 1 amide bonds. The number of para-hydroxylation sites is 1. The number of benzene rings is 2. The average molecular weight is 497 g/mol. The molecular formula is C25H18F3N3O3S. The molecule has 0 aliphatic carbocycles. The van der Waals surface area contributed by atoms with E-state index in [1.165, 1.54) is 25.1 Å². The van der Waals surface area contributed by atoms with E-state index in [1.807, 2.05) is 30.3 Å². The number of hydrogen-bond donors (Lipinski definition) is 0. The molecule has 0 saturated heterocycles. The van der Waals surface area contributed by atoms with E-state index in [1.54, 1.807) is 17.7 Å². The number of thiazole rings is 1. The first-order valence-electron chi connectivity index (χ1n) is 10.3. The molecule has 0 fully saturated rings. The number of alkyl halides is 3. The van der Waals surface area contributed by atoms with Crippen LogP contribution in [0, 0.1) is 0 Å². The lowest BCUT2D eigenvalue weighted by Gasteiger charge is -2.19. The lowest BCUT2D eigenvalue weighted by Crippen LogP contribution is -2.23. The van der Waals surface area contributed by atoms with Crippen LogP contribution in [0.2, 0.25) is 0 Å². The molecule has 178 valence electrons. The summed E-state index contributed by atoms with van der Waals surface area (Å²) in [6, 6.07) is 13.8. The minimum absolute atomic E-state index is 0.0388. The number of pyridine rings is 1. The Morgan fingerprint density at radius 1 is 1.11 bits per heavy atom. The van der Waals surface area contributed by atoms with E-state index in [2.05, 4.69) is 9.97 Å². The predicted molar refractivity (Wildman–Crippen MR) is 127 cm³/mol. The van der Waals surface area contributed by atoms with Crippen molar-refractivity contribution in [1.82, 2.24) is 9.97 Å². The van der Waals surface area contributed by atoms with Crippen LogP contribution in [0.25, 0.3) is 17.0 Å². The first kappa shape index (κ1) is 24.1. The van der Waals surface area contributed by atoms with Gasteiger partial charge in [-0.15, -0.1) is 11.3 Å². The quantitative estimate of drug-likeness (QED) is 0.236. The van der Waals surface area contributed by atoms with E-state index in [-0.39, 0.29) is 17.4 Å². The number of nitrogens with zero attached hydrogens (tertiary/aromatic N) is 3. The van der Waals surface area contributed by atoms with E-state index in [0.717, 1.165) is 44.8 Å². The Morgan fingerprint density at radius 2 is 1.89 bits per heavy atom. The smallest absolute Gasteiger partial charge is 0.416 e. The monoisotopic (exact) mass is 497 g/mol. The van der Waals surface area contributed by atoms with Crippen LogP contribution in [0.3, 0.4) is 0 Å². The molecule has 0 unspecified atom stereocenters. The Labute approximate surface area is 202 Å². The normalized spacial score (nSPS) is 11.7. The van der Waals surface area contributed by atoms with E-state index < -0.39 is 23.6 Å². The number of ether oxygens (including phenoxy) is 1. The zero-order chi connectivity index (χ0) is 25.0. The number of anilines is 2. The van der Waals surface area contributed by atoms with Gasteiger partial charge < -0.3 is 4.74 Å². The Morgan fingerprint density at radius 3 is 2.66 bits per heavy atom. The van der Waals surface area contributed by atoms with Crippen LogP contribution >= 0.6 is 11.3 Å². The van der Waals surface area contributed by atoms with Crippen LogP contribution in [0.15, 0.2) is 72.3 Å². The fourth-order valence-corrected chi connectivity index (χ4v) is 4.20. The van der Waals surface area contributed by atoms with E-state index in [9.17, 15) is 22.8 Å². The number of rotatable bonds is 6. The number of fused-ring (bicyclic) bond motifs is 1. The van der Waals surface area contributed by atoms with Crippen molar-refractivity contribution in [2.24, 2.45) is 0 Å². The zero-order valence-electron chi connectivity index (χ0n) is 18.3. The average Bonchev–Trinajstić information content (AvgIpc) is 3.29. The molecule has 2 heterocycles. The van der Waals surface area contributed by atoms with Gasteiger partial charge in [-0.3, -0.25) is 14.7 Å². The first-order valence-corrected chi connectivity index (χ1v) is 11.2. The Bertz CT molecular complexity index is 1410. The molecule has 35 heavy (non-hydrogen) atoms. The number of carbonyl (C=O) groups excluding carboxylic acids is 2. The number of halogens is 3. The second-order valence-corrected chi connectivity index (χ2v) is 8.22. The van der Waals surface area contributed by atoms with Gasteiger partial charge in [0.05, 0.1) is 22.5 Å². The lowest BCUT2D eigenvalue weighted by molar-refractivity contribution is -0.139. The number of amides is 1. The standard InChI is InChI=1S/C25H18F3N3O3S/c1-16(32)31(21-9-3-8-19(13-21)25(26,27)28)24-30-20(15-35-24)14-34-22(33)11-10-18-6-2-5-17-7-4-12-29-23(17)18/h2-13,15H,14H2,1H3/b11-10+. The van der Waals surface area contributed by atoms with Gasteiger partial charge in [-0.2, -0.15) is 13.2 Å². The molecule has 0 aliphatic heterocycles. The maximum absolute atomic E-state index is 13.1. The van der Waals surface area contributed by atoms with E-state index in [0.29, 0.717) is 5.69 Å². The van der Waals surface area contributed by atoms with Crippen molar-refractivity contribution in [3.63, 3.8) is 0 Å². The van der Waals surface area contributed by atoms with Crippen molar-refractivity contribution in [2.75, 3.05) is 4.90 Å². The molecule has 0 spiro atoms. The maximum Gasteiger partial charge on any atom is 0.416 e. The van der Waals surface area contributed by atoms with Gasteiger partial charge in [-0.25, -0.2) is 9.78 Å². The van der Waals surface area contributed by atoms with Gasteiger partial charge in [0.2, 0.25) is 5.91 Å². The summed E-state index contributed by atoms with van der Waals surface area (Å²) in [4.78, 5) is 34.1. The third-order valence-electron chi connectivity index (χ3n) is 4.90. The molecule has 4 rings (SSSR count). The Hall–Kier alpha value is -4.05. The molecule has 0 bridgehead atoms. The van der Waals surface area contributed by atoms with Crippen LogP contribution in [0.4, 0.5) is 24.0 Å². The molecule has 0 atom stereocenters. The molecule has 10 heteroatoms. The second-order valence-electron chi connectivity index (χ2n) is 7.39. The lowest BCUT2D eigenvalue weighted by atomic mass is 10.1. The Kier molecular flexibility index (Phi) is 6.92. The van der Waals surface area contributed by atoms with Crippen LogP contribution in [0.1, 0.15) is 23.7 Å². The highest BCUT2D eigenvalue weighted by Crippen LogP contribution is 2.35. The van der Waals surface area contributed by atoms with Gasteiger partial charge >= 0.3 is 12.1 Å². The number of carbonyl (C=O) groups is 2. The van der Waals surface area contributed by atoms with Gasteiger partial charge in [0, 0.05) is 35.5 Å². The third-order valence-corrected chi connectivity index (χ3v) is 5.78. The van der Waals surface area contributed by atoms with E-state index >= 15 is 0 Å². The molecule has 0 saturated carbocycles. The topological polar surface area (TPSA) is 72.4 Å². The highest BCUT2D eigenvalue weighted by Gasteiger charge is 2.31. The van der Waals surface area contributed by atoms with Crippen molar-refractivity contribution in [3.8, 4) is 0 Å². The fraction of sp³-hybridized carbons (Fsp3) is 0.120. The summed E-state index contributed by atoms with van der Waals surface area (Å²) in [6.45, 7) is 1.07. The SMILES string of the molecule is CC(=O)N(c1cccc(C(F)(F)F)c1)c1nc(COC(=O)/C=C/c2cccc3cccnc23)cs1. The molecule has 6 nitrogen and oxygen atoms in total. The van der Waals surface area contributed by atoms with Gasteiger partial charge in [0.15, 0.2) is 5.13 Å². The molecular weight excluding hydrogens is 479 g/mol. The summed E-state index contributed by atoms with van der Waals surface area (Å²) >= 11 is 1.05. The van der Waals surface area contributed by atoms with Crippen molar-refractivity contribution >= 4 is 51.0 Å². The van der Waals surface area contributed by atoms with Gasteiger partial charge in [0.1, 0.15) is 6.61 Å². The summed E-state index contributed by atoms with van der Waals surface area (Å²) in [6.07, 6.45) is 0.00829. The fourth-order valence-electron chi connectivity index (χ4n) is 3.33. The number of aromatic nitrogens is 2. The van der Waals surface area contributed by atoms with Crippen LogP contribution in [-0.4, -0.2) is 21.8 Å². The summed E-state index contributed by atoms with van der Waals surface area (Å²) in [5.41, 5.74) is 1.03. The minimum Gasteiger partial charge on any atom is -0.456 e. The van der Waals surface area contributed by atoms with Crippen molar-refractivity contribution in [3.05, 3.63) is 89.1 Å². The molecule has 0 N–H and O–H groups in total. The molecule has 0 radical (unpaired) electrons. The summed E-state index contributed by atoms with van der Waals surface area (Å²) in [5, 5.41) is 2.68. The predicted octanol–water partition coefficient (Wildman–Crippen LogP) is 6.15. The van der Waals surface area contributed by atoms with Crippen molar-refractivity contribution in [2.45, 2.75) is 19.7 Å². The highest BCUT2D eigenvalue weighted by atomic mass is 32.1. The van der Waals surface area contributed by atoms with Gasteiger partial charge in [-0.1, -0.05) is 30.3 Å². The van der Waals surface area contributed by atoms with Crippen molar-refractivity contribution in [1.29, 1.82) is 0 Å². The molecule has 4 aromatic rings. The number of hydrogen-bond acceptors (Lipinski definition) is 6. The van der Waals surface area contributed by atoms with Gasteiger partial charge in [-0.05, 0) is 30.3 Å². The summed E-state index contributed by atoms with van der Waals surface area (Å²) in [5.74, 6) is -1.11. The second kappa shape index (κ2) is 10.1. The maximum atomic E-state index is 13.1. The Balaban J connectivity index is 1.45. The largest absolute Gasteiger partial charge is 0.456 e. The molecule has 2 aromatic carbocycles. The summed E-state index contributed by atoms with van der Waals surface area (Å²) in [7, 11) is 0. The van der Waals surface area contributed by atoms with Crippen LogP contribution in [-0.2, 0) is 27.1 Å².